The number of likely N-dealkylation sites (tertiary alicyclic amines) is 1. The highest BCUT2D eigenvalue weighted by Crippen LogP contribution is 2.30. The fourth-order valence-corrected chi connectivity index (χ4v) is 4.07. The number of aromatic nitrogens is 1. The monoisotopic (exact) mass is 315 g/mol. The minimum atomic E-state index is 0.307. The van der Waals surface area contributed by atoms with Crippen molar-refractivity contribution in [1.29, 1.82) is 0 Å². The van der Waals surface area contributed by atoms with E-state index in [0.717, 1.165) is 50.2 Å². The van der Waals surface area contributed by atoms with Gasteiger partial charge in [-0.25, -0.2) is 4.98 Å². The summed E-state index contributed by atoms with van der Waals surface area (Å²) in [6, 6.07) is 6.54. The predicted octanol–water partition coefficient (Wildman–Crippen LogP) is 3.63. The number of rotatable bonds is 5. The van der Waals surface area contributed by atoms with Gasteiger partial charge in [0.1, 0.15) is 5.82 Å². The normalized spacial score (nSPS) is 22.3. The quantitative estimate of drug-likeness (QED) is 0.902. The number of hydrogen-bond acceptors (Lipinski definition) is 3. The highest BCUT2D eigenvalue weighted by atomic mass is 16.2. The molecule has 0 bridgehead atoms. The number of hydrogen-bond donors (Lipinski definition) is 1. The van der Waals surface area contributed by atoms with Gasteiger partial charge < -0.3 is 10.2 Å². The molecule has 23 heavy (non-hydrogen) atoms. The lowest BCUT2D eigenvalue weighted by atomic mass is 9.94. The third kappa shape index (κ3) is 4.04. The number of carbonyl (C=O) groups excluding carboxylic acids is 1. The fourth-order valence-electron chi connectivity index (χ4n) is 4.07. The number of nitrogens with one attached hydrogen (secondary N) is 1. The fraction of sp³-hybridized carbons (Fsp3) is 0.684. The second-order valence-electron chi connectivity index (χ2n) is 6.97. The van der Waals surface area contributed by atoms with Gasteiger partial charge in [0.2, 0.25) is 5.91 Å². The van der Waals surface area contributed by atoms with Gasteiger partial charge in [-0.3, -0.25) is 4.79 Å². The molecule has 0 unspecified atom stereocenters. The molecule has 4 nitrogen and oxygen atoms in total. The minimum absolute atomic E-state index is 0.307. The summed E-state index contributed by atoms with van der Waals surface area (Å²) < 4.78 is 0. The zero-order valence-corrected chi connectivity index (χ0v) is 14.3. The van der Waals surface area contributed by atoms with Gasteiger partial charge in [0.05, 0.1) is 0 Å². The number of carbonyl (C=O) groups is 1. The van der Waals surface area contributed by atoms with Crippen LogP contribution in [0.25, 0.3) is 0 Å². The van der Waals surface area contributed by atoms with Gasteiger partial charge in [-0.1, -0.05) is 18.9 Å². The summed E-state index contributed by atoms with van der Waals surface area (Å²) in [5.74, 6) is 1.66. The van der Waals surface area contributed by atoms with Gasteiger partial charge in [-0.2, -0.15) is 0 Å². The van der Waals surface area contributed by atoms with E-state index in [1.807, 2.05) is 13.1 Å². The van der Waals surface area contributed by atoms with Crippen molar-refractivity contribution >= 4 is 11.7 Å². The van der Waals surface area contributed by atoms with Gasteiger partial charge in [-0.05, 0) is 57.1 Å². The van der Waals surface area contributed by atoms with Crippen LogP contribution < -0.4 is 5.32 Å². The molecule has 2 aliphatic rings. The summed E-state index contributed by atoms with van der Waals surface area (Å²) in [5, 5.41) is 3.09. The van der Waals surface area contributed by atoms with Crippen molar-refractivity contribution in [2.75, 3.05) is 18.9 Å². The van der Waals surface area contributed by atoms with Crippen LogP contribution in [0.2, 0.25) is 0 Å². The van der Waals surface area contributed by atoms with E-state index in [-0.39, 0.29) is 0 Å². The Labute approximate surface area is 139 Å². The molecule has 3 rings (SSSR count). The summed E-state index contributed by atoms with van der Waals surface area (Å²) >= 11 is 0. The van der Waals surface area contributed by atoms with E-state index in [1.165, 1.54) is 25.7 Å². The van der Waals surface area contributed by atoms with Crippen molar-refractivity contribution in [2.45, 2.75) is 63.8 Å². The van der Waals surface area contributed by atoms with Crippen molar-refractivity contribution in [3.63, 3.8) is 0 Å². The number of pyridine rings is 1. The molecule has 126 valence electrons. The number of piperidine rings is 1. The maximum atomic E-state index is 12.8. The van der Waals surface area contributed by atoms with E-state index in [9.17, 15) is 4.79 Å². The Kier molecular flexibility index (Phi) is 5.52. The minimum Gasteiger partial charge on any atom is -0.373 e. The van der Waals surface area contributed by atoms with E-state index < -0.39 is 0 Å². The second kappa shape index (κ2) is 7.80. The number of amides is 1. The molecule has 1 aliphatic heterocycles. The van der Waals surface area contributed by atoms with E-state index in [1.54, 1.807) is 0 Å². The van der Waals surface area contributed by atoms with Crippen LogP contribution in [0.4, 0.5) is 5.82 Å². The summed E-state index contributed by atoms with van der Waals surface area (Å²) in [5.41, 5.74) is 1.12. The third-order valence-corrected chi connectivity index (χ3v) is 5.41. The molecule has 2 fully saturated rings. The number of anilines is 1. The largest absolute Gasteiger partial charge is 0.373 e. The molecule has 1 aromatic rings. The van der Waals surface area contributed by atoms with Gasteiger partial charge in [0.15, 0.2) is 0 Å². The van der Waals surface area contributed by atoms with Crippen LogP contribution in [0.5, 0.6) is 0 Å². The Morgan fingerprint density at radius 3 is 2.78 bits per heavy atom. The summed E-state index contributed by atoms with van der Waals surface area (Å²) in [7, 11) is 1.90. The van der Waals surface area contributed by atoms with Crippen LogP contribution in [0.15, 0.2) is 18.2 Å². The number of aryl methyl sites for hydroxylation is 1. The molecule has 1 saturated heterocycles. The SMILES string of the molecule is CNc1cccc(CC[C@@H]2CCCCN2C(=O)C2CCCC2)n1. The summed E-state index contributed by atoms with van der Waals surface area (Å²) in [4.78, 5) is 19.6. The smallest absolute Gasteiger partial charge is 0.225 e. The zero-order chi connectivity index (χ0) is 16.1. The highest BCUT2D eigenvalue weighted by molar-refractivity contribution is 5.79. The Morgan fingerprint density at radius 2 is 2.00 bits per heavy atom. The van der Waals surface area contributed by atoms with Crippen LogP contribution >= 0.6 is 0 Å². The molecule has 0 radical (unpaired) electrons. The van der Waals surface area contributed by atoms with Crippen LogP contribution in [-0.4, -0.2) is 35.4 Å². The van der Waals surface area contributed by atoms with Crippen LogP contribution in [0, 0.1) is 5.92 Å². The first-order valence-corrected chi connectivity index (χ1v) is 9.22. The molecule has 2 heterocycles. The van der Waals surface area contributed by atoms with Crippen molar-refractivity contribution in [3.05, 3.63) is 23.9 Å². The predicted molar refractivity (Wildman–Crippen MR) is 93.4 cm³/mol. The van der Waals surface area contributed by atoms with E-state index in [4.69, 9.17) is 0 Å². The van der Waals surface area contributed by atoms with Crippen LogP contribution in [0.1, 0.15) is 57.1 Å². The Hall–Kier alpha value is -1.58. The van der Waals surface area contributed by atoms with Crippen LogP contribution in [-0.2, 0) is 11.2 Å². The average molecular weight is 315 g/mol. The van der Waals surface area contributed by atoms with Gasteiger partial charge in [-0.15, -0.1) is 0 Å². The van der Waals surface area contributed by atoms with Crippen molar-refractivity contribution < 1.29 is 4.79 Å². The van der Waals surface area contributed by atoms with E-state index in [0.29, 0.717) is 17.9 Å². The van der Waals surface area contributed by atoms with E-state index in [2.05, 4.69) is 27.3 Å². The molecule has 1 aliphatic carbocycles. The van der Waals surface area contributed by atoms with Gasteiger partial charge in [0, 0.05) is 31.2 Å². The van der Waals surface area contributed by atoms with Crippen molar-refractivity contribution in [2.24, 2.45) is 5.92 Å². The topological polar surface area (TPSA) is 45.2 Å². The molecule has 0 spiro atoms. The van der Waals surface area contributed by atoms with E-state index >= 15 is 0 Å². The average Bonchev–Trinajstić information content (AvgIpc) is 3.14. The van der Waals surface area contributed by atoms with Crippen molar-refractivity contribution in [3.8, 4) is 0 Å². The molecule has 1 aromatic heterocycles. The Bertz CT molecular complexity index is 525. The third-order valence-electron chi connectivity index (χ3n) is 5.41. The molecular formula is C19H29N3O. The summed E-state index contributed by atoms with van der Waals surface area (Å²) in [6.07, 6.45) is 10.2. The Morgan fingerprint density at radius 1 is 1.22 bits per heavy atom. The molecule has 1 N–H and O–H groups in total. The lowest BCUT2D eigenvalue weighted by molar-refractivity contribution is -0.139. The maximum Gasteiger partial charge on any atom is 0.225 e. The zero-order valence-electron chi connectivity index (χ0n) is 14.3. The first-order valence-electron chi connectivity index (χ1n) is 9.22. The lowest BCUT2D eigenvalue weighted by Gasteiger charge is -2.37. The maximum absolute atomic E-state index is 12.8. The molecular weight excluding hydrogens is 286 g/mol. The number of nitrogens with zero attached hydrogens (tertiary/aromatic N) is 2. The van der Waals surface area contributed by atoms with Gasteiger partial charge in [0.25, 0.3) is 0 Å². The highest BCUT2D eigenvalue weighted by Gasteiger charge is 2.32. The standard InChI is InChI=1S/C19H29N3O/c1-20-18-11-6-9-16(21-18)12-13-17-10-4-5-14-22(17)19(23)15-7-2-3-8-15/h6,9,11,15,17H,2-5,7-8,10,12-14H2,1H3,(H,20,21)/t17-/m0/s1. The lowest BCUT2D eigenvalue weighted by Crippen LogP contribution is -2.46. The molecule has 1 amide bonds. The van der Waals surface area contributed by atoms with Crippen molar-refractivity contribution in [1.82, 2.24) is 9.88 Å². The molecule has 1 atom stereocenters. The molecule has 4 heteroatoms. The second-order valence-corrected chi connectivity index (χ2v) is 6.97. The summed E-state index contributed by atoms with van der Waals surface area (Å²) in [6.45, 7) is 0.962. The first-order chi connectivity index (χ1) is 11.3. The molecule has 0 aromatic carbocycles. The van der Waals surface area contributed by atoms with Gasteiger partial charge >= 0.3 is 0 Å². The van der Waals surface area contributed by atoms with Crippen LogP contribution in [0.3, 0.4) is 0 Å². The Balaban J connectivity index is 1.60. The molecule has 1 saturated carbocycles. The first kappa shape index (κ1) is 16.3.